The van der Waals surface area contributed by atoms with Gasteiger partial charge < -0.3 is 19.5 Å². The van der Waals surface area contributed by atoms with Crippen LogP contribution in [-0.4, -0.2) is 55.1 Å². The van der Waals surface area contributed by atoms with Crippen LogP contribution >= 0.6 is 0 Å². The van der Waals surface area contributed by atoms with Gasteiger partial charge in [0.15, 0.2) is 11.2 Å². The Morgan fingerprint density at radius 3 is 1.37 bits per heavy atom. The first-order chi connectivity index (χ1) is 23.0. The predicted octanol–water partition coefficient (Wildman–Crippen LogP) is 6.26. The molecule has 0 amide bonds. The number of ether oxygens (including phenoxy) is 1. The molecule has 2 atom stereocenters. The van der Waals surface area contributed by atoms with Crippen molar-refractivity contribution in [1.82, 2.24) is 19.6 Å². The highest BCUT2D eigenvalue weighted by molar-refractivity contribution is 6.04. The van der Waals surface area contributed by atoms with E-state index in [0.717, 1.165) is 67.6 Å². The van der Waals surface area contributed by atoms with Crippen molar-refractivity contribution < 1.29 is 29.1 Å². The monoisotopic (exact) mass is 668 g/mol. The maximum atomic E-state index is 11.9. The number of aromatic carboxylic acids is 1. The zero-order valence-corrected chi connectivity index (χ0v) is 30.1. The molecule has 4 aromatic rings. The van der Waals surface area contributed by atoms with Crippen molar-refractivity contribution in [1.29, 1.82) is 0 Å². The van der Waals surface area contributed by atoms with Gasteiger partial charge in [-0.05, 0) is 114 Å². The fourth-order valence-corrected chi connectivity index (χ4v) is 6.90. The second kappa shape index (κ2) is 13.0. The van der Waals surface area contributed by atoms with Gasteiger partial charge in [-0.1, -0.05) is 10.3 Å². The van der Waals surface area contributed by atoms with Crippen LogP contribution < -0.4 is 0 Å². The third-order valence-electron chi connectivity index (χ3n) is 9.15. The van der Waals surface area contributed by atoms with E-state index in [1.54, 1.807) is 13.8 Å². The number of methoxy groups -OCH3 is 1. The summed E-state index contributed by atoms with van der Waals surface area (Å²) in [7, 11) is 5.20. The van der Waals surface area contributed by atoms with E-state index in [9.17, 15) is 14.7 Å². The number of carbonyl (C=O) groups excluding carboxylic acids is 1. The van der Waals surface area contributed by atoms with E-state index in [0.29, 0.717) is 24.0 Å². The molecular weight excluding hydrogens is 624 g/mol. The van der Waals surface area contributed by atoms with E-state index in [-0.39, 0.29) is 5.97 Å². The van der Waals surface area contributed by atoms with Gasteiger partial charge in [-0.15, -0.1) is 0 Å². The third kappa shape index (κ3) is 6.72. The van der Waals surface area contributed by atoms with Crippen LogP contribution in [0.15, 0.2) is 46.7 Å². The fourth-order valence-electron chi connectivity index (χ4n) is 6.90. The lowest BCUT2D eigenvalue weighted by Gasteiger charge is -2.21. The van der Waals surface area contributed by atoms with Crippen molar-refractivity contribution in [2.24, 2.45) is 24.4 Å². The number of nitrogens with zero attached hydrogens (tertiary/aromatic N) is 6. The second-order valence-electron chi connectivity index (χ2n) is 13.4. The molecule has 0 fully saturated rings. The SMILES string of the molecule is COC(=O)c1c(C)cc(C2=NOC(C)(c3cc(C)nn3C)C2)cc1C.Cc1cc(C2(C)CC(c3cc(C)c(C(=O)O)c(C)c3)=NO2)n(C)n1. The molecule has 0 saturated heterocycles. The number of aryl methyl sites for hydroxylation is 8. The number of hydrogen-bond acceptors (Lipinski definition) is 9. The summed E-state index contributed by atoms with van der Waals surface area (Å²) >= 11 is 0. The molecule has 6 rings (SSSR count). The van der Waals surface area contributed by atoms with E-state index >= 15 is 0 Å². The molecule has 0 bridgehead atoms. The number of carboxylic acids is 1. The average molecular weight is 669 g/mol. The van der Waals surface area contributed by atoms with Crippen LogP contribution in [0.5, 0.6) is 0 Å². The van der Waals surface area contributed by atoms with E-state index in [1.165, 1.54) is 7.11 Å². The van der Waals surface area contributed by atoms with Crippen molar-refractivity contribution in [3.63, 3.8) is 0 Å². The Kier molecular flexibility index (Phi) is 9.29. The molecule has 0 aliphatic carbocycles. The standard InChI is InChI=1S/C19H23N3O3.C18H21N3O3/c1-11-7-14(8-12(2)17(11)18(23)24-6)15-10-19(4,25-21-15)16-9-13(3)20-22(16)5;1-10-6-13(7-11(2)16(10)17(22)23)14-9-18(4,24-20-14)15-8-12(3)19-21(15)5/h7-9H,10H2,1-6H3;6-8H,9H2,1-5H3,(H,22,23). The Bertz CT molecular complexity index is 1990. The van der Waals surface area contributed by atoms with Crippen LogP contribution in [0.25, 0.3) is 0 Å². The van der Waals surface area contributed by atoms with Gasteiger partial charge in [0.25, 0.3) is 0 Å². The topological polar surface area (TPSA) is 142 Å². The zero-order valence-electron chi connectivity index (χ0n) is 30.1. The molecule has 4 heterocycles. The molecular formula is C37H44N6O6. The van der Waals surface area contributed by atoms with Crippen LogP contribution in [0, 0.1) is 41.5 Å². The number of carbonyl (C=O) groups is 2. The number of hydrogen-bond donors (Lipinski definition) is 1. The summed E-state index contributed by atoms with van der Waals surface area (Å²) in [5.41, 5.74) is 10.4. The number of carboxylic acid groups (broad SMARTS) is 1. The summed E-state index contributed by atoms with van der Waals surface area (Å²) in [6, 6.07) is 11.7. The zero-order chi connectivity index (χ0) is 36.0. The van der Waals surface area contributed by atoms with E-state index in [2.05, 4.69) is 20.5 Å². The van der Waals surface area contributed by atoms with E-state index in [4.69, 9.17) is 14.4 Å². The minimum Gasteiger partial charge on any atom is -0.478 e. The Balaban J connectivity index is 0.000000191. The fraction of sp³-hybridized carbons (Fsp3) is 0.405. The lowest BCUT2D eigenvalue weighted by Crippen LogP contribution is -2.25. The Morgan fingerprint density at radius 1 is 0.694 bits per heavy atom. The van der Waals surface area contributed by atoms with Crippen molar-refractivity contribution in [2.45, 2.75) is 79.4 Å². The van der Waals surface area contributed by atoms with Crippen LogP contribution in [0.2, 0.25) is 0 Å². The first kappa shape index (κ1) is 35.1. The third-order valence-corrected chi connectivity index (χ3v) is 9.15. The summed E-state index contributed by atoms with van der Waals surface area (Å²) in [6.45, 7) is 15.3. The van der Waals surface area contributed by atoms with Crippen molar-refractivity contribution in [2.75, 3.05) is 7.11 Å². The van der Waals surface area contributed by atoms with Gasteiger partial charge in [0.1, 0.15) is 0 Å². The second-order valence-corrected chi connectivity index (χ2v) is 13.4. The van der Waals surface area contributed by atoms with Crippen LogP contribution in [0.3, 0.4) is 0 Å². The molecule has 49 heavy (non-hydrogen) atoms. The van der Waals surface area contributed by atoms with Gasteiger partial charge >= 0.3 is 11.9 Å². The number of rotatable bonds is 6. The largest absolute Gasteiger partial charge is 0.478 e. The quantitative estimate of drug-likeness (QED) is 0.238. The molecule has 2 unspecified atom stereocenters. The summed E-state index contributed by atoms with van der Waals surface area (Å²) < 4.78 is 8.52. The first-order valence-corrected chi connectivity index (χ1v) is 16.0. The van der Waals surface area contributed by atoms with Crippen molar-refractivity contribution in [3.05, 3.63) is 104 Å². The summed E-state index contributed by atoms with van der Waals surface area (Å²) in [5.74, 6) is -1.22. The summed E-state index contributed by atoms with van der Waals surface area (Å²) in [5, 5.41) is 26.7. The maximum Gasteiger partial charge on any atom is 0.338 e. The Labute approximate surface area is 286 Å². The number of esters is 1. The van der Waals surface area contributed by atoms with Gasteiger partial charge in [-0.25, -0.2) is 9.59 Å². The molecule has 2 aliphatic rings. The molecule has 12 nitrogen and oxygen atoms in total. The molecule has 1 N–H and O–H groups in total. The minimum atomic E-state index is -0.906. The van der Waals surface area contributed by atoms with E-state index in [1.807, 2.05) is 101 Å². The smallest absolute Gasteiger partial charge is 0.338 e. The highest BCUT2D eigenvalue weighted by atomic mass is 16.7. The molecule has 2 aromatic carbocycles. The minimum absolute atomic E-state index is 0.318. The van der Waals surface area contributed by atoms with Gasteiger partial charge in [0.05, 0.1) is 52.4 Å². The number of oxime groups is 2. The van der Waals surface area contributed by atoms with Crippen LogP contribution in [0.4, 0.5) is 0 Å². The lowest BCUT2D eigenvalue weighted by atomic mass is 9.90. The Morgan fingerprint density at radius 2 is 1.06 bits per heavy atom. The van der Waals surface area contributed by atoms with Gasteiger partial charge in [-0.2, -0.15) is 10.2 Å². The molecule has 2 aliphatic heterocycles. The highest BCUT2D eigenvalue weighted by Crippen LogP contribution is 2.38. The molecule has 0 radical (unpaired) electrons. The molecule has 12 heteroatoms. The summed E-state index contributed by atoms with van der Waals surface area (Å²) in [4.78, 5) is 34.8. The lowest BCUT2D eigenvalue weighted by molar-refractivity contribution is -0.0137. The average Bonchev–Trinajstić information content (AvgIpc) is 3.78. The maximum absolute atomic E-state index is 11.9. The summed E-state index contributed by atoms with van der Waals surface area (Å²) in [6.07, 6.45) is 1.25. The molecule has 258 valence electrons. The normalized spacial score (nSPS) is 19.7. The predicted molar refractivity (Wildman–Crippen MR) is 185 cm³/mol. The van der Waals surface area contributed by atoms with Crippen LogP contribution in [-0.2, 0) is 39.7 Å². The molecule has 0 spiro atoms. The number of benzene rings is 2. The molecule has 0 saturated carbocycles. The van der Waals surface area contributed by atoms with Crippen molar-refractivity contribution in [3.8, 4) is 0 Å². The molecule has 2 aromatic heterocycles. The first-order valence-electron chi connectivity index (χ1n) is 16.0. The van der Waals surface area contributed by atoms with Gasteiger partial charge in [-0.3, -0.25) is 9.36 Å². The highest BCUT2D eigenvalue weighted by Gasteiger charge is 2.40. The van der Waals surface area contributed by atoms with Gasteiger partial charge in [0, 0.05) is 38.1 Å². The van der Waals surface area contributed by atoms with Crippen molar-refractivity contribution >= 4 is 23.4 Å². The van der Waals surface area contributed by atoms with E-state index < -0.39 is 17.2 Å². The Hall–Kier alpha value is -5.26. The number of aromatic nitrogens is 4. The van der Waals surface area contributed by atoms with Crippen LogP contribution in [0.1, 0.15) is 104 Å². The van der Waals surface area contributed by atoms with Gasteiger partial charge in [0.2, 0.25) is 0 Å².